The summed E-state index contributed by atoms with van der Waals surface area (Å²) in [5.41, 5.74) is -0.714. The van der Waals surface area contributed by atoms with Crippen LogP contribution in [0.3, 0.4) is 0 Å². The Balaban J connectivity index is 2.61. The standard InChI is InChI=1S/C12H23NO4/c1-3-12(16,4-2)9-13-5-6-17-8-10(13)7-11(14)15/h10,16H,3-9H2,1-2H3,(H,14,15). The topological polar surface area (TPSA) is 70.0 Å². The van der Waals surface area contributed by atoms with Gasteiger partial charge in [0.05, 0.1) is 25.2 Å². The summed E-state index contributed by atoms with van der Waals surface area (Å²) >= 11 is 0. The van der Waals surface area contributed by atoms with Crippen molar-refractivity contribution < 1.29 is 19.7 Å². The minimum Gasteiger partial charge on any atom is -0.481 e. The van der Waals surface area contributed by atoms with Gasteiger partial charge in [-0.25, -0.2) is 0 Å². The number of nitrogens with zero attached hydrogens (tertiary/aromatic N) is 1. The molecule has 100 valence electrons. The molecule has 0 spiro atoms. The molecule has 0 aromatic heterocycles. The van der Waals surface area contributed by atoms with Crippen molar-refractivity contribution in [2.24, 2.45) is 0 Å². The van der Waals surface area contributed by atoms with E-state index < -0.39 is 11.6 Å². The highest BCUT2D eigenvalue weighted by Gasteiger charge is 2.32. The predicted octanol–water partition coefficient (Wildman–Crippen LogP) is 0.713. The first kappa shape index (κ1) is 14.4. The van der Waals surface area contributed by atoms with Crippen LogP contribution in [0.4, 0.5) is 0 Å². The zero-order valence-electron chi connectivity index (χ0n) is 10.7. The van der Waals surface area contributed by atoms with Crippen LogP contribution in [0.2, 0.25) is 0 Å². The van der Waals surface area contributed by atoms with E-state index >= 15 is 0 Å². The van der Waals surface area contributed by atoms with Gasteiger partial charge in [0, 0.05) is 19.1 Å². The lowest BCUT2D eigenvalue weighted by atomic mass is 9.95. The highest BCUT2D eigenvalue weighted by atomic mass is 16.5. The molecule has 1 aliphatic heterocycles. The van der Waals surface area contributed by atoms with Gasteiger partial charge in [0.15, 0.2) is 0 Å². The summed E-state index contributed by atoms with van der Waals surface area (Å²) in [6.07, 6.45) is 1.44. The molecule has 1 saturated heterocycles. The molecule has 0 radical (unpaired) electrons. The zero-order valence-corrected chi connectivity index (χ0v) is 10.7. The number of carboxylic acid groups (broad SMARTS) is 1. The van der Waals surface area contributed by atoms with Crippen molar-refractivity contribution in [3.63, 3.8) is 0 Å². The minimum atomic E-state index is -0.818. The monoisotopic (exact) mass is 245 g/mol. The highest BCUT2D eigenvalue weighted by Crippen LogP contribution is 2.20. The van der Waals surface area contributed by atoms with E-state index in [1.54, 1.807) is 0 Å². The number of β-amino-alcohol motifs (C(OH)–C–C–N with tert-alkyl or cyclic N) is 1. The Hall–Kier alpha value is -0.650. The van der Waals surface area contributed by atoms with Crippen LogP contribution in [0.25, 0.3) is 0 Å². The Morgan fingerprint density at radius 3 is 2.65 bits per heavy atom. The quantitative estimate of drug-likeness (QED) is 0.721. The molecule has 5 heteroatoms. The van der Waals surface area contributed by atoms with Gasteiger partial charge in [-0.1, -0.05) is 13.8 Å². The lowest BCUT2D eigenvalue weighted by Crippen LogP contribution is -2.52. The minimum absolute atomic E-state index is 0.0729. The Labute approximate surface area is 102 Å². The number of aliphatic carboxylic acids is 1. The van der Waals surface area contributed by atoms with Gasteiger partial charge in [-0.2, -0.15) is 0 Å². The number of carbonyl (C=O) groups is 1. The van der Waals surface area contributed by atoms with Crippen molar-refractivity contribution in [2.75, 3.05) is 26.3 Å². The van der Waals surface area contributed by atoms with E-state index in [1.165, 1.54) is 0 Å². The van der Waals surface area contributed by atoms with Crippen LogP contribution in [0, 0.1) is 0 Å². The molecular weight excluding hydrogens is 222 g/mol. The van der Waals surface area contributed by atoms with Gasteiger partial charge < -0.3 is 14.9 Å². The molecule has 5 nitrogen and oxygen atoms in total. The molecule has 1 aliphatic rings. The molecule has 0 aliphatic carbocycles. The highest BCUT2D eigenvalue weighted by molar-refractivity contribution is 5.67. The summed E-state index contributed by atoms with van der Waals surface area (Å²) < 4.78 is 5.31. The number of ether oxygens (including phenoxy) is 1. The fraction of sp³-hybridized carbons (Fsp3) is 0.917. The Morgan fingerprint density at radius 2 is 2.12 bits per heavy atom. The Bertz CT molecular complexity index is 253. The maximum atomic E-state index is 10.8. The van der Waals surface area contributed by atoms with Crippen molar-refractivity contribution in [2.45, 2.75) is 44.8 Å². The van der Waals surface area contributed by atoms with Crippen LogP contribution in [0.1, 0.15) is 33.1 Å². The molecule has 1 rings (SSSR count). The third-order valence-corrected chi connectivity index (χ3v) is 3.57. The van der Waals surface area contributed by atoms with Crippen LogP contribution in [-0.2, 0) is 9.53 Å². The van der Waals surface area contributed by atoms with Gasteiger partial charge in [-0.05, 0) is 12.8 Å². The molecule has 1 fully saturated rings. The second-order valence-electron chi connectivity index (χ2n) is 4.73. The van der Waals surface area contributed by atoms with Crippen molar-refractivity contribution in [3.8, 4) is 0 Å². The molecule has 1 heterocycles. The molecule has 0 bridgehead atoms. The summed E-state index contributed by atoms with van der Waals surface area (Å²) in [4.78, 5) is 12.8. The summed E-state index contributed by atoms with van der Waals surface area (Å²) in [5.74, 6) is -0.818. The molecule has 2 N–H and O–H groups in total. The van der Waals surface area contributed by atoms with Crippen LogP contribution in [-0.4, -0.2) is 59.0 Å². The predicted molar refractivity (Wildman–Crippen MR) is 64.0 cm³/mol. The average molecular weight is 245 g/mol. The van der Waals surface area contributed by atoms with Gasteiger partial charge in [-0.15, -0.1) is 0 Å². The molecule has 0 aromatic rings. The number of rotatable bonds is 6. The second kappa shape index (κ2) is 6.33. The van der Waals surface area contributed by atoms with E-state index in [2.05, 4.69) is 0 Å². The number of hydrogen-bond acceptors (Lipinski definition) is 4. The van der Waals surface area contributed by atoms with E-state index in [-0.39, 0.29) is 12.5 Å². The van der Waals surface area contributed by atoms with Crippen LogP contribution < -0.4 is 0 Å². The molecule has 0 aromatic carbocycles. The first-order valence-corrected chi connectivity index (χ1v) is 6.26. The lowest BCUT2D eigenvalue weighted by Gasteiger charge is -2.40. The number of morpholine rings is 1. The van der Waals surface area contributed by atoms with Gasteiger partial charge >= 0.3 is 5.97 Å². The second-order valence-corrected chi connectivity index (χ2v) is 4.73. The third-order valence-electron chi connectivity index (χ3n) is 3.57. The van der Waals surface area contributed by atoms with Gasteiger partial charge in [0.25, 0.3) is 0 Å². The van der Waals surface area contributed by atoms with Crippen LogP contribution in [0.15, 0.2) is 0 Å². The maximum Gasteiger partial charge on any atom is 0.305 e. The SMILES string of the molecule is CCC(O)(CC)CN1CCOCC1CC(=O)O. The fourth-order valence-corrected chi connectivity index (χ4v) is 2.14. The molecule has 17 heavy (non-hydrogen) atoms. The summed E-state index contributed by atoms with van der Waals surface area (Å²) in [6.45, 7) is 6.18. The number of carboxylic acids is 1. The third kappa shape index (κ3) is 4.26. The number of aliphatic hydroxyl groups is 1. The average Bonchev–Trinajstić information content (AvgIpc) is 2.31. The lowest BCUT2D eigenvalue weighted by molar-refractivity contribution is -0.141. The van der Waals surface area contributed by atoms with Crippen molar-refractivity contribution >= 4 is 5.97 Å². The van der Waals surface area contributed by atoms with E-state index in [0.29, 0.717) is 39.1 Å². The molecule has 0 saturated carbocycles. The van der Waals surface area contributed by atoms with Gasteiger partial charge in [0.1, 0.15) is 0 Å². The smallest absolute Gasteiger partial charge is 0.305 e. The summed E-state index contributed by atoms with van der Waals surface area (Å²) in [6, 6.07) is -0.120. The summed E-state index contributed by atoms with van der Waals surface area (Å²) in [7, 11) is 0. The molecule has 1 unspecified atom stereocenters. The van der Waals surface area contributed by atoms with E-state index in [0.717, 1.165) is 0 Å². The van der Waals surface area contributed by atoms with Gasteiger partial charge in [0.2, 0.25) is 0 Å². The van der Waals surface area contributed by atoms with Crippen molar-refractivity contribution in [3.05, 3.63) is 0 Å². The molecule has 0 amide bonds. The number of hydrogen-bond donors (Lipinski definition) is 2. The van der Waals surface area contributed by atoms with E-state index in [4.69, 9.17) is 9.84 Å². The summed E-state index contributed by atoms with van der Waals surface area (Å²) in [5, 5.41) is 19.2. The van der Waals surface area contributed by atoms with Crippen molar-refractivity contribution in [1.82, 2.24) is 4.90 Å². The maximum absolute atomic E-state index is 10.8. The Morgan fingerprint density at radius 1 is 1.47 bits per heavy atom. The molecule has 1 atom stereocenters. The first-order valence-electron chi connectivity index (χ1n) is 6.26. The first-order chi connectivity index (χ1) is 8.00. The van der Waals surface area contributed by atoms with Crippen LogP contribution in [0.5, 0.6) is 0 Å². The van der Waals surface area contributed by atoms with E-state index in [9.17, 15) is 9.90 Å². The fourth-order valence-electron chi connectivity index (χ4n) is 2.14. The largest absolute Gasteiger partial charge is 0.481 e. The van der Waals surface area contributed by atoms with Crippen molar-refractivity contribution in [1.29, 1.82) is 0 Å². The zero-order chi connectivity index (χ0) is 12.9. The molecular formula is C12H23NO4. The van der Waals surface area contributed by atoms with E-state index in [1.807, 2.05) is 18.7 Å². The van der Waals surface area contributed by atoms with Gasteiger partial charge in [-0.3, -0.25) is 9.69 Å². The normalized spacial score (nSPS) is 22.6. The van der Waals surface area contributed by atoms with Crippen LogP contribution >= 0.6 is 0 Å². The Kier molecular flexibility index (Phi) is 5.36.